The average Bonchev–Trinajstić information content (AvgIpc) is 3.19. The Morgan fingerprint density at radius 3 is 2.74 bits per heavy atom. The highest BCUT2D eigenvalue weighted by Gasteiger charge is 2.44. The number of hydrogen-bond acceptors (Lipinski definition) is 2. The summed E-state index contributed by atoms with van der Waals surface area (Å²) in [6.07, 6.45) is 4.51. The van der Waals surface area contributed by atoms with E-state index in [-0.39, 0.29) is 0 Å². The van der Waals surface area contributed by atoms with Crippen molar-refractivity contribution in [2.24, 2.45) is 11.3 Å². The van der Waals surface area contributed by atoms with Gasteiger partial charge in [0.15, 0.2) is 0 Å². The van der Waals surface area contributed by atoms with Gasteiger partial charge in [-0.15, -0.1) is 0 Å². The van der Waals surface area contributed by atoms with Crippen molar-refractivity contribution in [1.82, 2.24) is 5.32 Å². The Morgan fingerprint density at radius 2 is 2.11 bits per heavy atom. The topological polar surface area (TPSA) is 21.3 Å². The van der Waals surface area contributed by atoms with Crippen LogP contribution in [0.5, 0.6) is 5.75 Å². The lowest BCUT2D eigenvalue weighted by atomic mass is 9.92. The van der Waals surface area contributed by atoms with Gasteiger partial charge in [-0.1, -0.05) is 44.7 Å². The summed E-state index contributed by atoms with van der Waals surface area (Å²) < 4.78 is 5.67. The first-order valence-corrected chi connectivity index (χ1v) is 7.20. The van der Waals surface area contributed by atoms with E-state index in [9.17, 15) is 0 Å². The molecular formula is C17H25NO. The molecule has 1 aliphatic rings. The smallest absolute Gasteiger partial charge is 0.124 e. The van der Waals surface area contributed by atoms with E-state index in [1.807, 2.05) is 12.1 Å². The summed E-state index contributed by atoms with van der Waals surface area (Å²) in [7, 11) is 0. The number of ether oxygens (including phenoxy) is 1. The molecule has 0 bridgehead atoms. The molecule has 0 spiro atoms. The zero-order chi connectivity index (χ0) is 13.7. The third kappa shape index (κ3) is 3.60. The highest BCUT2D eigenvalue weighted by atomic mass is 16.5. The van der Waals surface area contributed by atoms with Crippen LogP contribution in [0.25, 0.3) is 0 Å². The van der Waals surface area contributed by atoms with Crippen molar-refractivity contribution >= 4 is 0 Å². The van der Waals surface area contributed by atoms with E-state index >= 15 is 0 Å². The van der Waals surface area contributed by atoms with Crippen LogP contribution in [-0.2, 0) is 6.54 Å². The van der Waals surface area contributed by atoms with Crippen LogP contribution in [0.1, 0.15) is 32.3 Å². The van der Waals surface area contributed by atoms with E-state index in [0.717, 1.165) is 24.8 Å². The molecule has 0 amide bonds. The fourth-order valence-electron chi connectivity index (χ4n) is 2.50. The summed E-state index contributed by atoms with van der Waals surface area (Å²) in [5, 5.41) is 3.60. The largest absolute Gasteiger partial charge is 0.489 e. The maximum atomic E-state index is 5.67. The second-order valence-corrected chi connectivity index (χ2v) is 5.83. The molecule has 104 valence electrons. The molecule has 0 unspecified atom stereocenters. The van der Waals surface area contributed by atoms with Crippen LogP contribution in [0.2, 0.25) is 0 Å². The van der Waals surface area contributed by atoms with Gasteiger partial charge in [0.05, 0.1) is 0 Å². The van der Waals surface area contributed by atoms with Crippen LogP contribution >= 0.6 is 0 Å². The molecule has 0 aliphatic heterocycles. The van der Waals surface area contributed by atoms with Gasteiger partial charge >= 0.3 is 0 Å². The van der Waals surface area contributed by atoms with Gasteiger partial charge < -0.3 is 10.1 Å². The summed E-state index contributed by atoms with van der Waals surface area (Å²) in [6.45, 7) is 10.9. The maximum Gasteiger partial charge on any atom is 0.124 e. The van der Waals surface area contributed by atoms with Gasteiger partial charge in [-0.25, -0.2) is 0 Å². The van der Waals surface area contributed by atoms with Gasteiger partial charge in [0.25, 0.3) is 0 Å². The van der Waals surface area contributed by atoms with Crippen LogP contribution in [0.15, 0.2) is 36.9 Å². The van der Waals surface area contributed by atoms with Crippen molar-refractivity contribution in [2.75, 3.05) is 13.2 Å². The summed E-state index contributed by atoms with van der Waals surface area (Å²) in [6, 6.07) is 8.22. The number of benzene rings is 1. The predicted molar refractivity (Wildman–Crippen MR) is 80.3 cm³/mol. The van der Waals surface area contributed by atoms with Crippen LogP contribution in [0.3, 0.4) is 0 Å². The van der Waals surface area contributed by atoms with E-state index in [0.29, 0.717) is 12.0 Å². The van der Waals surface area contributed by atoms with E-state index in [1.165, 1.54) is 18.4 Å². The molecule has 1 saturated carbocycles. The fourth-order valence-corrected chi connectivity index (χ4v) is 2.50. The third-order valence-electron chi connectivity index (χ3n) is 4.24. The zero-order valence-corrected chi connectivity index (χ0v) is 12.1. The number of hydrogen-bond donors (Lipinski definition) is 1. The van der Waals surface area contributed by atoms with Gasteiger partial charge in [-0.2, -0.15) is 0 Å². The number of rotatable bonds is 8. The Morgan fingerprint density at radius 1 is 1.37 bits per heavy atom. The molecule has 1 aliphatic carbocycles. The molecule has 1 fully saturated rings. The Bertz CT molecular complexity index is 421. The molecule has 0 atom stereocenters. The second-order valence-electron chi connectivity index (χ2n) is 5.83. The minimum atomic E-state index is 0.552. The molecule has 2 heteroatoms. The SMILES string of the molecule is C=CCOc1ccccc1CNCC1(C(C)C)CC1. The van der Waals surface area contributed by atoms with E-state index < -0.39 is 0 Å². The monoisotopic (exact) mass is 259 g/mol. The van der Waals surface area contributed by atoms with Gasteiger partial charge in [0, 0.05) is 18.7 Å². The summed E-state index contributed by atoms with van der Waals surface area (Å²) in [5.74, 6) is 1.73. The highest BCUT2D eigenvalue weighted by molar-refractivity contribution is 5.33. The van der Waals surface area contributed by atoms with E-state index in [2.05, 4.69) is 37.9 Å². The van der Waals surface area contributed by atoms with E-state index in [1.54, 1.807) is 6.08 Å². The van der Waals surface area contributed by atoms with Crippen LogP contribution in [0.4, 0.5) is 0 Å². The highest BCUT2D eigenvalue weighted by Crippen LogP contribution is 2.51. The molecule has 2 rings (SSSR count). The Kier molecular flexibility index (Phi) is 4.65. The molecule has 19 heavy (non-hydrogen) atoms. The summed E-state index contributed by atoms with van der Waals surface area (Å²) >= 11 is 0. The Hall–Kier alpha value is -1.28. The molecule has 1 aromatic rings. The molecule has 2 nitrogen and oxygen atoms in total. The summed E-state index contributed by atoms with van der Waals surface area (Å²) in [4.78, 5) is 0. The molecule has 0 heterocycles. The van der Waals surface area contributed by atoms with Crippen molar-refractivity contribution < 1.29 is 4.74 Å². The average molecular weight is 259 g/mol. The molecule has 0 radical (unpaired) electrons. The normalized spacial score (nSPS) is 16.4. The first kappa shape index (κ1) is 14.1. The lowest BCUT2D eigenvalue weighted by molar-refractivity contribution is 0.332. The van der Waals surface area contributed by atoms with Crippen molar-refractivity contribution in [1.29, 1.82) is 0 Å². The molecule has 0 saturated heterocycles. The summed E-state index contributed by atoms with van der Waals surface area (Å²) in [5.41, 5.74) is 1.78. The van der Waals surface area contributed by atoms with Gasteiger partial charge in [0.1, 0.15) is 12.4 Å². The Labute approximate surface area is 116 Å². The van der Waals surface area contributed by atoms with Crippen LogP contribution < -0.4 is 10.1 Å². The second kappa shape index (κ2) is 6.25. The third-order valence-corrected chi connectivity index (χ3v) is 4.24. The van der Waals surface area contributed by atoms with E-state index in [4.69, 9.17) is 4.74 Å². The first-order chi connectivity index (χ1) is 9.18. The maximum absolute atomic E-state index is 5.67. The minimum absolute atomic E-state index is 0.552. The van der Waals surface area contributed by atoms with Crippen molar-refractivity contribution in [3.63, 3.8) is 0 Å². The van der Waals surface area contributed by atoms with Crippen molar-refractivity contribution in [3.8, 4) is 5.75 Å². The minimum Gasteiger partial charge on any atom is -0.489 e. The van der Waals surface area contributed by atoms with Gasteiger partial charge in [-0.05, 0) is 30.2 Å². The molecule has 1 N–H and O–H groups in total. The van der Waals surface area contributed by atoms with Gasteiger partial charge in [-0.3, -0.25) is 0 Å². The fraction of sp³-hybridized carbons (Fsp3) is 0.529. The number of para-hydroxylation sites is 1. The zero-order valence-electron chi connectivity index (χ0n) is 12.1. The standard InChI is InChI=1S/C17H25NO/c1-4-11-19-16-8-6-5-7-15(16)12-18-13-17(9-10-17)14(2)3/h4-8,14,18H,1,9-13H2,2-3H3. The van der Waals surface area contributed by atoms with Crippen LogP contribution in [0, 0.1) is 11.3 Å². The van der Waals surface area contributed by atoms with Crippen LogP contribution in [-0.4, -0.2) is 13.2 Å². The Balaban J connectivity index is 1.87. The lowest BCUT2D eigenvalue weighted by Crippen LogP contribution is -2.27. The van der Waals surface area contributed by atoms with Crippen molar-refractivity contribution in [3.05, 3.63) is 42.5 Å². The molecule has 1 aromatic carbocycles. The predicted octanol–water partition coefficient (Wildman–Crippen LogP) is 3.78. The lowest BCUT2D eigenvalue weighted by Gasteiger charge is -2.20. The molecular weight excluding hydrogens is 234 g/mol. The quantitative estimate of drug-likeness (QED) is 0.717. The van der Waals surface area contributed by atoms with Crippen molar-refractivity contribution in [2.45, 2.75) is 33.2 Å². The molecule has 0 aromatic heterocycles. The first-order valence-electron chi connectivity index (χ1n) is 7.20. The van der Waals surface area contributed by atoms with Gasteiger partial charge in [0.2, 0.25) is 0 Å². The number of nitrogens with one attached hydrogen (secondary N) is 1.